The fourth-order valence-corrected chi connectivity index (χ4v) is 2.92. The largest absolute Gasteiger partial charge is 0.325 e. The predicted octanol–water partition coefficient (Wildman–Crippen LogP) is 3.53. The van der Waals surface area contributed by atoms with Crippen molar-refractivity contribution in [2.75, 3.05) is 10.6 Å². The van der Waals surface area contributed by atoms with Crippen molar-refractivity contribution in [3.8, 4) is 0 Å². The van der Waals surface area contributed by atoms with Crippen LogP contribution in [0.25, 0.3) is 0 Å². The molecule has 0 unspecified atom stereocenters. The van der Waals surface area contributed by atoms with Crippen molar-refractivity contribution >= 4 is 51.9 Å². The molecule has 142 valence electrons. The van der Waals surface area contributed by atoms with Crippen LogP contribution in [-0.2, 0) is 11.2 Å². The Bertz CT molecular complexity index is 975. The molecule has 0 radical (unpaired) electrons. The lowest BCUT2D eigenvalue weighted by Crippen LogP contribution is -2.19. The first-order chi connectivity index (χ1) is 13.6. The number of benzene rings is 2. The Hall–Kier alpha value is -3.30. The van der Waals surface area contributed by atoms with E-state index in [-0.39, 0.29) is 12.3 Å². The third-order valence-electron chi connectivity index (χ3n) is 3.30. The zero-order valence-corrected chi connectivity index (χ0v) is 16.0. The lowest BCUT2D eigenvalue weighted by molar-refractivity contribution is -0.120. The zero-order chi connectivity index (χ0) is 19.8. The Morgan fingerprint density at radius 1 is 1.04 bits per heavy atom. The van der Waals surface area contributed by atoms with E-state index in [4.69, 9.17) is 11.6 Å². The number of nitrogens with one attached hydrogen (secondary N) is 3. The van der Waals surface area contributed by atoms with E-state index in [2.05, 4.69) is 31.4 Å². The second kappa shape index (κ2) is 9.58. The van der Waals surface area contributed by atoms with Crippen LogP contribution in [0.3, 0.4) is 0 Å². The lowest BCUT2D eigenvalue weighted by Gasteiger charge is -2.03. The maximum Gasteiger partial charge on any atom is 0.325 e. The van der Waals surface area contributed by atoms with Crippen LogP contribution in [0, 0.1) is 0 Å². The van der Waals surface area contributed by atoms with Crippen molar-refractivity contribution in [2.24, 2.45) is 5.10 Å². The van der Waals surface area contributed by atoms with E-state index < -0.39 is 6.03 Å². The van der Waals surface area contributed by atoms with Gasteiger partial charge in [-0.1, -0.05) is 53.3 Å². The molecule has 0 saturated heterocycles. The lowest BCUT2D eigenvalue weighted by atomic mass is 10.2. The number of hydrogen-bond donors (Lipinski definition) is 3. The number of halogens is 1. The Morgan fingerprint density at radius 3 is 2.54 bits per heavy atom. The topological polar surface area (TPSA) is 108 Å². The normalized spacial score (nSPS) is 10.6. The predicted molar refractivity (Wildman–Crippen MR) is 110 cm³/mol. The van der Waals surface area contributed by atoms with Gasteiger partial charge >= 0.3 is 6.03 Å². The van der Waals surface area contributed by atoms with E-state index in [0.29, 0.717) is 20.8 Å². The highest BCUT2D eigenvalue weighted by atomic mass is 35.5. The summed E-state index contributed by atoms with van der Waals surface area (Å²) >= 11 is 6.91. The van der Waals surface area contributed by atoms with Gasteiger partial charge in [0.2, 0.25) is 11.0 Å². The number of urea groups is 1. The van der Waals surface area contributed by atoms with Crippen molar-refractivity contribution in [1.82, 2.24) is 15.6 Å². The summed E-state index contributed by atoms with van der Waals surface area (Å²) in [5.41, 5.74) is 3.87. The van der Waals surface area contributed by atoms with Gasteiger partial charge in [0.05, 0.1) is 12.6 Å². The van der Waals surface area contributed by atoms with Crippen LogP contribution in [0.2, 0.25) is 5.02 Å². The first-order valence-corrected chi connectivity index (χ1v) is 9.31. The molecule has 2 aromatic carbocycles. The van der Waals surface area contributed by atoms with Gasteiger partial charge in [-0.25, -0.2) is 10.2 Å². The molecule has 0 saturated carbocycles. The van der Waals surface area contributed by atoms with Crippen LogP contribution in [0.1, 0.15) is 10.6 Å². The van der Waals surface area contributed by atoms with E-state index in [1.807, 2.05) is 18.2 Å². The monoisotopic (exact) mass is 414 g/mol. The summed E-state index contributed by atoms with van der Waals surface area (Å²) < 4.78 is 0. The van der Waals surface area contributed by atoms with Gasteiger partial charge in [0, 0.05) is 10.7 Å². The van der Waals surface area contributed by atoms with Gasteiger partial charge < -0.3 is 5.32 Å². The minimum atomic E-state index is -0.439. The minimum Gasteiger partial charge on any atom is -0.308 e. The summed E-state index contributed by atoms with van der Waals surface area (Å²) in [7, 11) is 0. The summed E-state index contributed by atoms with van der Waals surface area (Å²) in [6, 6.07) is 15.6. The molecule has 0 bridgehead atoms. The first-order valence-electron chi connectivity index (χ1n) is 8.11. The first kappa shape index (κ1) is 19.5. The molecule has 1 aromatic heterocycles. The van der Waals surface area contributed by atoms with E-state index in [9.17, 15) is 9.59 Å². The third-order valence-corrected chi connectivity index (χ3v) is 4.39. The van der Waals surface area contributed by atoms with Crippen LogP contribution >= 0.6 is 22.9 Å². The highest BCUT2D eigenvalue weighted by Gasteiger charge is 2.11. The molecule has 3 N–H and O–H groups in total. The van der Waals surface area contributed by atoms with E-state index in [1.54, 1.807) is 36.4 Å². The molecule has 0 spiro atoms. The molecule has 3 rings (SSSR count). The minimum absolute atomic E-state index is 0.00237. The number of carbonyl (C=O) groups is 2. The molecular formula is C18H15ClN6O2S. The van der Waals surface area contributed by atoms with Crippen LogP contribution in [-0.4, -0.2) is 28.4 Å². The average Bonchev–Trinajstić information content (AvgIpc) is 3.10. The van der Waals surface area contributed by atoms with Crippen LogP contribution in [0.4, 0.5) is 15.6 Å². The Kier molecular flexibility index (Phi) is 6.66. The van der Waals surface area contributed by atoms with Gasteiger partial charge in [-0.2, -0.15) is 5.10 Å². The van der Waals surface area contributed by atoms with Gasteiger partial charge in [-0.05, 0) is 29.8 Å². The molecule has 3 aromatic rings. The smallest absolute Gasteiger partial charge is 0.308 e. The molecular weight excluding hydrogens is 400 g/mol. The van der Waals surface area contributed by atoms with E-state index in [0.717, 1.165) is 16.9 Å². The number of rotatable bonds is 6. The number of hydrazone groups is 1. The van der Waals surface area contributed by atoms with E-state index in [1.165, 1.54) is 6.21 Å². The summed E-state index contributed by atoms with van der Waals surface area (Å²) in [5.74, 6) is -0.346. The van der Waals surface area contributed by atoms with Crippen molar-refractivity contribution < 1.29 is 9.59 Å². The summed E-state index contributed by atoms with van der Waals surface area (Å²) in [4.78, 5) is 23.8. The number of anilines is 2. The van der Waals surface area contributed by atoms with Gasteiger partial charge in [0.15, 0.2) is 0 Å². The van der Waals surface area contributed by atoms with E-state index >= 15 is 0 Å². The molecule has 0 atom stereocenters. The molecule has 0 aliphatic heterocycles. The number of amides is 3. The Balaban J connectivity index is 1.46. The number of carbonyl (C=O) groups excluding carboxylic acids is 2. The number of nitrogens with zero attached hydrogens (tertiary/aromatic N) is 3. The second-order valence-electron chi connectivity index (χ2n) is 5.47. The van der Waals surface area contributed by atoms with Crippen LogP contribution in [0.15, 0.2) is 59.7 Å². The number of hydrogen-bond acceptors (Lipinski definition) is 6. The highest BCUT2D eigenvalue weighted by Crippen LogP contribution is 2.16. The molecule has 8 nitrogen and oxygen atoms in total. The number of aromatic nitrogens is 2. The summed E-state index contributed by atoms with van der Waals surface area (Å²) in [6.07, 6.45) is 1.51. The maximum absolute atomic E-state index is 11.9. The molecule has 0 aliphatic rings. The Morgan fingerprint density at radius 2 is 1.79 bits per heavy atom. The third kappa shape index (κ3) is 6.15. The van der Waals surface area contributed by atoms with Crippen LogP contribution < -0.4 is 16.1 Å². The second-order valence-corrected chi connectivity index (χ2v) is 6.97. The van der Waals surface area contributed by atoms with Crippen molar-refractivity contribution in [3.05, 3.63) is 70.2 Å². The quantitative estimate of drug-likeness (QED) is 0.423. The standard InChI is InChI=1S/C18H15ClN6O2S/c19-13-8-6-12(7-9-13)11-20-23-15(26)10-16-24-25-18(28-16)22-17(27)21-14-4-2-1-3-5-14/h1-9,11H,10H2,(H,23,26)(H2,21,22,25,27)/b20-11+. The van der Waals surface area contributed by atoms with Crippen LogP contribution in [0.5, 0.6) is 0 Å². The molecule has 28 heavy (non-hydrogen) atoms. The van der Waals surface area contributed by atoms with Crippen molar-refractivity contribution in [3.63, 3.8) is 0 Å². The molecule has 0 fully saturated rings. The van der Waals surface area contributed by atoms with Crippen molar-refractivity contribution in [1.29, 1.82) is 0 Å². The summed E-state index contributed by atoms with van der Waals surface area (Å²) in [5, 5.41) is 18.2. The maximum atomic E-state index is 11.9. The molecule has 0 aliphatic carbocycles. The number of para-hydroxylation sites is 1. The molecule has 3 amide bonds. The highest BCUT2D eigenvalue weighted by molar-refractivity contribution is 7.15. The zero-order valence-electron chi connectivity index (χ0n) is 14.4. The van der Waals surface area contributed by atoms with Gasteiger partial charge in [0.1, 0.15) is 5.01 Å². The van der Waals surface area contributed by atoms with Gasteiger partial charge in [-0.15, -0.1) is 10.2 Å². The fourth-order valence-electron chi connectivity index (χ4n) is 2.06. The molecule has 1 heterocycles. The van der Waals surface area contributed by atoms with Gasteiger partial charge in [0.25, 0.3) is 0 Å². The summed E-state index contributed by atoms with van der Waals surface area (Å²) in [6.45, 7) is 0. The van der Waals surface area contributed by atoms with Crippen molar-refractivity contribution in [2.45, 2.75) is 6.42 Å². The molecule has 10 heteroatoms. The Labute approximate surface area is 169 Å². The average molecular weight is 415 g/mol. The van der Waals surface area contributed by atoms with Gasteiger partial charge in [-0.3, -0.25) is 10.1 Å². The fraction of sp³-hybridized carbons (Fsp3) is 0.0556. The SMILES string of the molecule is O=C(Cc1nnc(NC(=O)Nc2ccccc2)s1)N/N=C/c1ccc(Cl)cc1.